The molecule has 2 amide bonds. The van der Waals surface area contributed by atoms with Crippen molar-refractivity contribution in [2.24, 2.45) is 5.92 Å². The summed E-state index contributed by atoms with van der Waals surface area (Å²) in [5.41, 5.74) is 0. The summed E-state index contributed by atoms with van der Waals surface area (Å²) in [7, 11) is -4.42. The number of benzene rings is 1. The molecule has 0 unspecified atom stereocenters. The maximum absolute atomic E-state index is 14.1. The van der Waals surface area contributed by atoms with Gasteiger partial charge < -0.3 is 10.2 Å². The Bertz CT molecular complexity index is 1140. The predicted octanol–water partition coefficient (Wildman–Crippen LogP) is 3.23. The van der Waals surface area contributed by atoms with Crippen LogP contribution in [0.3, 0.4) is 0 Å². The summed E-state index contributed by atoms with van der Waals surface area (Å²) in [6, 6.07) is 1.41. The normalized spacial score (nSPS) is 19.2. The Morgan fingerprint density at radius 1 is 1.21 bits per heavy atom. The molecule has 2 heterocycles. The fourth-order valence-corrected chi connectivity index (χ4v) is 6.59. The van der Waals surface area contributed by atoms with Crippen molar-refractivity contribution in [3.05, 3.63) is 41.4 Å². The Morgan fingerprint density at radius 3 is 2.65 bits per heavy atom. The van der Waals surface area contributed by atoms with E-state index in [2.05, 4.69) is 10.3 Å². The standard InChI is InChI=1S/C22H26F2N4O4S2/c23-16-6-7-17(24)19(13-16)34(31,32)27-9-10-28(20(29)14-27)18(12-15-4-2-1-3-5-15)21(30)26-22-25-8-11-33-22/h6-8,11,13,15,18H,1-5,9-10,12,14H2,(H,25,26,30)/t18-/m0/s1. The van der Waals surface area contributed by atoms with E-state index in [0.717, 1.165) is 48.5 Å². The first kappa shape index (κ1) is 24.7. The number of carbonyl (C=O) groups is 2. The number of thiazole rings is 1. The lowest BCUT2D eigenvalue weighted by atomic mass is 9.84. The number of aromatic nitrogens is 1. The third-order valence-corrected chi connectivity index (χ3v) is 8.90. The monoisotopic (exact) mass is 512 g/mol. The van der Waals surface area contributed by atoms with Crippen LogP contribution < -0.4 is 5.32 Å². The van der Waals surface area contributed by atoms with Crippen molar-refractivity contribution in [2.45, 2.75) is 49.5 Å². The first-order valence-corrected chi connectivity index (χ1v) is 13.5. The molecule has 2 aliphatic rings. The van der Waals surface area contributed by atoms with Crippen LogP contribution in [0.25, 0.3) is 0 Å². The number of anilines is 1. The lowest BCUT2D eigenvalue weighted by Crippen LogP contribution is -2.58. The molecule has 12 heteroatoms. The third kappa shape index (κ3) is 5.44. The number of hydrogen-bond acceptors (Lipinski definition) is 6. The number of halogens is 2. The summed E-state index contributed by atoms with van der Waals surface area (Å²) in [6.45, 7) is -0.711. The second-order valence-electron chi connectivity index (χ2n) is 8.58. The summed E-state index contributed by atoms with van der Waals surface area (Å²) < 4.78 is 54.4. The maximum atomic E-state index is 14.1. The summed E-state index contributed by atoms with van der Waals surface area (Å²) in [5.74, 6) is -2.61. The van der Waals surface area contributed by atoms with Gasteiger partial charge in [-0.25, -0.2) is 22.2 Å². The van der Waals surface area contributed by atoms with Crippen molar-refractivity contribution in [3.63, 3.8) is 0 Å². The number of hydrogen-bond donors (Lipinski definition) is 1. The topological polar surface area (TPSA) is 99.7 Å². The number of carbonyl (C=O) groups excluding carboxylic acids is 2. The van der Waals surface area contributed by atoms with Gasteiger partial charge in [-0.3, -0.25) is 9.59 Å². The molecule has 1 aliphatic heterocycles. The second-order valence-corrected chi connectivity index (χ2v) is 11.4. The van der Waals surface area contributed by atoms with Gasteiger partial charge in [0.15, 0.2) is 5.13 Å². The molecule has 1 aromatic carbocycles. The predicted molar refractivity (Wildman–Crippen MR) is 123 cm³/mol. The van der Waals surface area contributed by atoms with Crippen molar-refractivity contribution >= 4 is 38.3 Å². The summed E-state index contributed by atoms with van der Waals surface area (Å²) in [4.78, 5) is 30.9. The van der Waals surface area contributed by atoms with Gasteiger partial charge in [0.2, 0.25) is 21.8 Å². The lowest BCUT2D eigenvalue weighted by Gasteiger charge is -2.39. The maximum Gasteiger partial charge on any atom is 0.248 e. The van der Waals surface area contributed by atoms with Crippen LogP contribution in [0.5, 0.6) is 0 Å². The van der Waals surface area contributed by atoms with Crippen LogP contribution in [0, 0.1) is 17.6 Å². The van der Waals surface area contributed by atoms with Crippen molar-refractivity contribution in [1.29, 1.82) is 0 Å². The van der Waals surface area contributed by atoms with E-state index in [4.69, 9.17) is 0 Å². The van der Waals surface area contributed by atoms with Crippen LogP contribution in [0.15, 0.2) is 34.7 Å². The van der Waals surface area contributed by atoms with Crippen molar-refractivity contribution in [2.75, 3.05) is 25.0 Å². The molecule has 0 radical (unpaired) electrons. The average molecular weight is 513 g/mol. The highest BCUT2D eigenvalue weighted by molar-refractivity contribution is 7.89. The molecule has 0 bridgehead atoms. The Labute approximate surface area is 201 Å². The zero-order valence-corrected chi connectivity index (χ0v) is 20.1. The molecule has 0 spiro atoms. The summed E-state index contributed by atoms with van der Waals surface area (Å²) in [5, 5.41) is 4.92. The lowest BCUT2D eigenvalue weighted by molar-refractivity contribution is -0.142. The van der Waals surface area contributed by atoms with Gasteiger partial charge in [-0.1, -0.05) is 32.1 Å². The SMILES string of the molecule is O=C(Nc1nccs1)[C@H](CC1CCCCC1)N1CCN(S(=O)(=O)c2cc(F)ccc2F)CC1=O. The van der Waals surface area contributed by atoms with Gasteiger partial charge in [0.05, 0.1) is 6.54 Å². The minimum absolute atomic E-state index is 0.0301. The number of nitrogens with zero attached hydrogens (tertiary/aromatic N) is 3. The van der Waals surface area contributed by atoms with Gasteiger partial charge in [-0.05, 0) is 30.5 Å². The zero-order valence-electron chi connectivity index (χ0n) is 18.5. The fraction of sp³-hybridized carbons (Fsp3) is 0.500. The van der Waals surface area contributed by atoms with Gasteiger partial charge in [0, 0.05) is 24.7 Å². The molecule has 2 fully saturated rings. The number of sulfonamides is 1. The average Bonchev–Trinajstić information content (AvgIpc) is 3.33. The Balaban J connectivity index is 1.52. The van der Waals surface area contributed by atoms with Gasteiger partial charge in [0.25, 0.3) is 0 Å². The molecule has 184 valence electrons. The van der Waals surface area contributed by atoms with E-state index in [1.54, 1.807) is 11.6 Å². The van der Waals surface area contributed by atoms with E-state index >= 15 is 0 Å². The highest BCUT2D eigenvalue weighted by Crippen LogP contribution is 2.30. The molecule has 1 saturated carbocycles. The van der Waals surface area contributed by atoms with Crippen LogP contribution in [0.2, 0.25) is 0 Å². The highest BCUT2D eigenvalue weighted by atomic mass is 32.2. The third-order valence-electron chi connectivity index (χ3n) is 6.36. The molecule has 34 heavy (non-hydrogen) atoms. The largest absolute Gasteiger partial charge is 0.328 e. The number of amides is 2. The van der Waals surface area contributed by atoms with E-state index in [9.17, 15) is 26.8 Å². The molecular weight excluding hydrogens is 486 g/mol. The van der Waals surface area contributed by atoms with Crippen LogP contribution >= 0.6 is 11.3 Å². The molecule has 1 aromatic heterocycles. The van der Waals surface area contributed by atoms with E-state index < -0.39 is 45.0 Å². The number of rotatable bonds is 7. The molecule has 8 nitrogen and oxygen atoms in total. The van der Waals surface area contributed by atoms with Crippen LogP contribution in [0.1, 0.15) is 38.5 Å². The van der Waals surface area contributed by atoms with Crippen molar-refractivity contribution in [3.8, 4) is 0 Å². The first-order chi connectivity index (χ1) is 16.3. The minimum atomic E-state index is -4.42. The number of piperazine rings is 1. The highest BCUT2D eigenvalue weighted by Gasteiger charge is 2.40. The van der Waals surface area contributed by atoms with Crippen molar-refractivity contribution < 1.29 is 26.8 Å². The quantitative estimate of drug-likeness (QED) is 0.614. The molecule has 4 rings (SSSR count). The van der Waals surface area contributed by atoms with E-state index in [0.29, 0.717) is 17.6 Å². The Hall–Kier alpha value is -2.44. The van der Waals surface area contributed by atoms with Gasteiger partial charge in [0.1, 0.15) is 22.6 Å². The number of nitrogens with one attached hydrogen (secondary N) is 1. The summed E-state index contributed by atoms with van der Waals surface area (Å²) >= 11 is 1.27. The second kappa shape index (κ2) is 10.4. The van der Waals surface area contributed by atoms with E-state index in [-0.39, 0.29) is 24.9 Å². The Kier molecular flexibility index (Phi) is 7.58. The van der Waals surface area contributed by atoms with Crippen LogP contribution in [0.4, 0.5) is 13.9 Å². The van der Waals surface area contributed by atoms with E-state index in [1.165, 1.54) is 16.2 Å². The van der Waals surface area contributed by atoms with Crippen molar-refractivity contribution in [1.82, 2.24) is 14.2 Å². The fourth-order valence-electron chi connectivity index (χ4n) is 4.60. The van der Waals surface area contributed by atoms with Crippen LogP contribution in [-0.4, -0.2) is 60.1 Å². The minimum Gasteiger partial charge on any atom is -0.328 e. The Morgan fingerprint density at radius 2 is 1.97 bits per heavy atom. The first-order valence-electron chi connectivity index (χ1n) is 11.2. The molecule has 2 aromatic rings. The van der Waals surface area contributed by atoms with Gasteiger partial charge >= 0.3 is 0 Å². The molecular formula is C22H26F2N4O4S2. The molecule has 1 N–H and O–H groups in total. The van der Waals surface area contributed by atoms with E-state index in [1.807, 2.05) is 0 Å². The van der Waals surface area contributed by atoms with Gasteiger partial charge in [-0.15, -0.1) is 11.3 Å². The zero-order chi connectivity index (χ0) is 24.3. The van der Waals surface area contributed by atoms with Gasteiger partial charge in [-0.2, -0.15) is 4.31 Å². The van der Waals surface area contributed by atoms with Crippen LogP contribution in [-0.2, 0) is 19.6 Å². The molecule has 1 atom stereocenters. The summed E-state index contributed by atoms with van der Waals surface area (Å²) in [6.07, 6.45) is 7.30. The molecule has 1 aliphatic carbocycles. The molecule has 1 saturated heterocycles. The smallest absolute Gasteiger partial charge is 0.248 e.